The van der Waals surface area contributed by atoms with Gasteiger partial charge in [0.2, 0.25) is 0 Å². The first-order chi connectivity index (χ1) is 9.22. The molecule has 2 aromatic rings. The lowest BCUT2D eigenvalue weighted by molar-refractivity contribution is 0.110. The van der Waals surface area contributed by atoms with E-state index in [0.717, 1.165) is 49.0 Å². The van der Waals surface area contributed by atoms with Crippen LogP contribution in [0.25, 0.3) is 11.1 Å². The number of aliphatic hydroxyl groups excluding tert-OH is 1. The van der Waals surface area contributed by atoms with Crippen LogP contribution in [-0.4, -0.2) is 29.8 Å². The Balaban J connectivity index is 1.67. The fourth-order valence-electron chi connectivity index (χ4n) is 2.90. The van der Waals surface area contributed by atoms with Gasteiger partial charge in [-0.15, -0.1) is 0 Å². The predicted octanol–water partition coefficient (Wildman–Crippen LogP) is 2.82. The van der Waals surface area contributed by atoms with E-state index in [1.165, 1.54) is 6.39 Å². The lowest BCUT2D eigenvalue weighted by Crippen LogP contribution is -2.29. The van der Waals surface area contributed by atoms with E-state index in [1.54, 1.807) is 0 Å². The van der Waals surface area contributed by atoms with Crippen molar-refractivity contribution in [3.8, 4) is 0 Å². The molecule has 0 unspecified atom stereocenters. The molecule has 0 saturated heterocycles. The summed E-state index contributed by atoms with van der Waals surface area (Å²) < 4.78 is 5.34. The molecule has 4 heteroatoms. The summed E-state index contributed by atoms with van der Waals surface area (Å²) in [5, 5.41) is 9.54. The molecule has 0 amide bonds. The van der Waals surface area contributed by atoms with E-state index in [0.29, 0.717) is 5.92 Å². The van der Waals surface area contributed by atoms with Crippen molar-refractivity contribution in [3.05, 3.63) is 24.6 Å². The van der Waals surface area contributed by atoms with Gasteiger partial charge in [-0.3, -0.25) is 0 Å². The molecule has 1 aromatic carbocycles. The van der Waals surface area contributed by atoms with Gasteiger partial charge in [0.15, 0.2) is 12.0 Å². The van der Waals surface area contributed by atoms with Gasteiger partial charge in [-0.2, -0.15) is 0 Å². The van der Waals surface area contributed by atoms with E-state index >= 15 is 0 Å². The molecule has 1 saturated carbocycles. The number of benzene rings is 1. The largest absolute Gasteiger partial charge is 0.443 e. The molecule has 1 fully saturated rings. The average Bonchev–Trinajstić information content (AvgIpc) is 2.88. The van der Waals surface area contributed by atoms with Crippen molar-refractivity contribution >= 4 is 16.8 Å². The van der Waals surface area contributed by atoms with Gasteiger partial charge in [0.25, 0.3) is 0 Å². The number of aromatic nitrogens is 1. The van der Waals surface area contributed by atoms with Crippen molar-refractivity contribution in [1.29, 1.82) is 0 Å². The molecule has 1 aromatic heterocycles. The average molecular weight is 260 g/mol. The summed E-state index contributed by atoms with van der Waals surface area (Å²) >= 11 is 0. The molecule has 19 heavy (non-hydrogen) atoms. The van der Waals surface area contributed by atoms with Crippen molar-refractivity contribution in [3.63, 3.8) is 0 Å². The van der Waals surface area contributed by atoms with Crippen molar-refractivity contribution in [2.75, 3.05) is 18.5 Å². The summed E-state index contributed by atoms with van der Waals surface area (Å²) in [7, 11) is 2.11. The van der Waals surface area contributed by atoms with E-state index in [9.17, 15) is 5.11 Å². The normalized spacial score (nSPS) is 23.7. The molecule has 0 aliphatic heterocycles. The number of oxazole rings is 1. The molecule has 1 aliphatic carbocycles. The van der Waals surface area contributed by atoms with Crippen LogP contribution in [0.15, 0.2) is 29.0 Å². The second-order valence-corrected chi connectivity index (χ2v) is 5.56. The lowest BCUT2D eigenvalue weighted by Gasteiger charge is -2.30. The summed E-state index contributed by atoms with van der Waals surface area (Å²) in [6.07, 6.45) is 5.54. The van der Waals surface area contributed by atoms with Crippen LogP contribution in [0.1, 0.15) is 25.7 Å². The van der Waals surface area contributed by atoms with E-state index in [2.05, 4.69) is 23.0 Å². The fourth-order valence-corrected chi connectivity index (χ4v) is 2.90. The molecule has 1 N–H and O–H groups in total. The zero-order valence-electron chi connectivity index (χ0n) is 11.2. The zero-order chi connectivity index (χ0) is 13.2. The van der Waals surface area contributed by atoms with E-state index < -0.39 is 0 Å². The van der Waals surface area contributed by atoms with E-state index in [-0.39, 0.29) is 6.10 Å². The van der Waals surface area contributed by atoms with Crippen molar-refractivity contribution in [2.45, 2.75) is 31.8 Å². The molecule has 1 heterocycles. The molecule has 4 nitrogen and oxygen atoms in total. The van der Waals surface area contributed by atoms with Crippen LogP contribution in [0.4, 0.5) is 5.69 Å². The summed E-state index contributed by atoms with van der Waals surface area (Å²) in [5.41, 5.74) is 2.90. The minimum atomic E-state index is -0.0768. The highest BCUT2D eigenvalue weighted by atomic mass is 16.3. The third-order valence-electron chi connectivity index (χ3n) is 4.10. The first-order valence-electron chi connectivity index (χ1n) is 6.95. The maximum atomic E-state index is 9.54. The highest BCUT2D eigenvalue weighted by Gasteiger charge is 2.20. The van der Waals surface area contributed by atoms with Gasteiger partial charge in [-0.05, 0) is 43.7 Å². The number of nitrogens with zero attached hydrogens (tertiary/aromatic N) is 2. The van der Waals surface area contributed by atoms with Crippen LogP contribution in [0.5, 0.6) is 0 Å². The van der Waals surface area contributed by atoms with Gasteiger partial charge >= 0.3 is 0 Å². The summed E-state index contributed by atoms with van der Waals surface area (Å²) in [6, 6.07) is 6.12. The number of fused-ring (bicyclic) bond motifs is 1. The van der Waals surface area contributed by atoms with E-state index in [4.69, 9.17) is 4.42 Å². The standard InChI is InChI=1S/C15H20N2O2/c1-17(9-11-2-5-13(18)6-3-11)12-4-7-14-15(8-12)19-10-16-14/h4,7-8,10-11,13,18H,2-3,5-6,9H2,1H3. The van der Waals surface area contributed by atoms with Crippen LogP contribution < -0.4 is 4.90 Å². The molecular weight excluding hydrogens is 240 g/mol. The first kappa shape index (κ1) is 12.5. The number of anilines is 1. The lowest BCUT2D eigenvalue weighted by atomic mass is 9.87. The zero-order valence-corrected chi connectivity index (χ0v) is 11.2. The highest BCUT2D eigenvalue weighted by Crippen LogP contribution is 2.27. The van der Waals surface area contributed by atoms with Crippen molar-refractivity contribution in [2.24, 2.45) is 5.92 Å². The van der Waals surface area contributed by atoms with Crippen LogP contribution in [-0.2, 0) is 0 Å². The molecule has 0 radical (unpaired) electrons. The number of aliphatic hydroxyl groups is 1. The number of hydrogen-bond donors (Lipinski definition) is 1. The number of hydrogen-bond acceptors (Lipinski definition) is 4. The second-order valence-electron chi connectivity index (χ2n) is 5.56. The summed E-state index contributed by atoms with van der Waals surface area (Å²) in [5.74, 6) is 0.679. The molecule has 1 aliphatic rings. The molecule has 0 atom stereocenters. The number of rotatable bonds is 3. The minimum Gasteiger partial charge on any atom is -0.443 e. The Labute approximate surface area is 113 Å². The van der Waals surface area contributed by atoms with Gasteiger partial charge in [0, 0.05) is 25.3 Å². The van der Waals surface area contributed by atoms with Crippen molar-refractivity contribution < 1.29 is 9.52 Å². The smallest absolute Gasteiger partial charge is 0.181 e. The van der Waals surface area contributed by atoms with Crippen LogP contribution in [0.2, 0.25) is 0 Å². The minimum absolute atomic E-state index is 0.0768. The van der Waals surface area contributed by atoms with Gasteiger partial charge in [-0.1, -0.05) is 0 Å². The summed E-state index contributed by atoms with van der Waals surface area (Å²) in [6.45, 7) is 1.03. The Morgan fingerprint density at radius 1 is 1.32 bits per heavy atom. The molecule has 0 spiro atoms. The maximum absolute atomic E-state index is 9.54. The van der Waals surface area contributed by atoms with Gasteiger partial charge in [0.05, 0.1) is 6.10 Å². The van der Waals surface area contributed by atoms with E-state index in [1.807, 2.05) is 12.1 Å². The van der Waals surface area contributed by atoms with Crippen LogP contribution >= 0.6 is 0 Å². The monoisotopic (exact) mass is 260 g/mol. The fraction of sp³-hybridized carbons (Fsp3) is 0.533. The maximum Gasteiger partial charge on any atom is 0.181 e. The summed E-state index contributed by atoms with van der Waals surface area (Å²) in [4.78, 5) is 6.40. The third kappa shape index (κ3) is 2.73. The van der Waals surface area contributed by atoms with Gasteiger partial charge in [0.1, 0.15) is 5.52 Å². The Hall–Kier alpha value is -1.55. The molecule has 102 valence electrons. The Morgan fingerprint density at radius 2 is 2.11 bits per heavy atom. The Morgan fingerprint density at radius 3 is 2.89 bits per heavy atom. The molecule has 0 bridgehead atoms. The van der Waals surface area contributed by atoms with Crippen LogP contribution in [0.3, 0.4) is 0 Å². The third-order valence-corrected chi connectivity index (χ3v) is 4.10. The first-order valence-corrected chi connectivity index (χ1v) is 6.95. The molecule has 3 rings (SSSR count). The SMILES string of the molecule is CN(CC1CCC(O)CC1)c1ccc2ncoc2c1. The highest BCUT2D eigenvalue weighted by molar-refractivity contribution is 5.76. The van der Waals surface area contributed by atoms with Gasteiger partial charge in [-0.25, -0.2) is 4.98 Å². The van der Waals surface area contributed by atoms with Crippen molar-refractivity contribution in [1.82, 2.24) is 4.98 Å². The molecular formula is C15H20N2O2. The predicted molar refractivity (Wildman–Crippen MR) is 75.2 cm³/mol. The Kier molecular flexibility index (Phi) is 3.42. The topological polar surface area (TPSA) is 49.5 Å². The quantitative estimate of drug-likeness (QED) is 0.922. The van der Waals surface area contributed by atoms with Crippen LogP contribution in [0, 0.1) is 5.92 Å². The second kappa shape index (κ2) is 5.21. The Bertz CT molecular complexity index is 544. The van der Waals surface area contributed by atoms with Gasteiger partial charge < -0.3 is 14.4 Å².